The van der Waals surface area contributed by atoms with Crippen LogP contribution in [0.2, 0.25) is 0 Å². The minimum Gasteiger partial charge on any atom is -0.497 e. The van der Waals surface area contributed by atoms with E-state index in [0.29, 0.717) is 18.0 Å². The summed E-state index contributed by atoms with van der Waals surface area (Å²) in [7, 11) is 1.57. The molecule has 2 aromatic carbocycles. The van der Waals surface area contributed by atoms with Gasteiger partial charge in [-0.2, -0.15) is 0 Å². The molecule has 3 rings (SSSR count). The van der Waals surface area contributed by atoms with Crippen molar-refractivity contribution >= 4 is 23.2 Å². The summed E-state index contributed by atoms with van der Waals surface area (Å²) in [5, 5.41) is 0. The first-order valence-electron chi connectivity index (χ1n) is 7.82. The minimum absolute atomic E-state index is 0.105. The van der Waals surface area contributed by atoms with Crippen LogP contribution in [-0.2, 0) is 9.59 Å². The van der Waals surface area contributed by atoms with Crippen LogP contribution in [0.25, 0.3) is 0 Å². The molecule has 1 aliphatic rings. The van der Waals surface area contributed by atoms with Gasteiger partial charge >= 0.3 is 0 Å². The molecular weight excluding hydrogens is 325 g/mol. The van der Waals surface area contributed by atoms with Crippen molar-refractivity contribution in [2.24, 2.45) is 5.92 Å². The first-order valence-corrected chi connectivity index (χ1v) is 7.82. The Morgan fingerprint density at radius 2 is 1.84 bits per heavy atom. The average molecular weight is 343 g/mol. The van der Waals surface area contributed by atoms with Crippen LogP contribution in [-0.4, -0.2) is 25.5 Å². The van der Waals surface area contributed by atoms with Crippen LogP contribution < -0.4 is 20.5 Å². The Bertz CT molecular complexity index is 762. The average Bonchev–Trinajstić information content (AvgIpc) is 3.03. The number of ether oxygens (including phenoxy) is 1. The molecule has 6 nitrogen and oxygen atoms in total. The van der Waals surface area contributed by atoms with Gasteiger partial charge < -0.3 is 9.64 Å². The molecule has 2 N–H and O–H groups in total. The summed E-state index contributed by atoms with van der Waals surface area (Å²) in [5.74, 6) is -0.495. The van der Waals surface area contributed by atoms with E-state index in [1.165, 1.54) is 24.3 Å². The van der Waals surface area contributed by atoms with E-state index in [1.807, 2.05) is 0 Å². The molecule has 1 saturated heterocycles. The van der Waals surface area contributed by atoms with Gasteiger partial charge in [-0.1, -0.05) is 0 Å². The van der Waals surface area contributed by atoms with Gasteiger partial charge in [-0.05, 0) is 48.5 Å². The number of halogens is 1. The predicted molar refractivity (Wildman–Crippen MR) is 91.6 cm³/mol. The maximum atomic E-state index is 12.9. The van der Waals surface area contributed by atoms with E-state index >= 15 is 0 Å². The number of hydrazine groups is 1. The lowest BCUT2D eigenvalue weighted by Gasteiger charge is -2.17. The third-order valence-electron chi connectivity index (χ3n) is 4.05. The monoisotopic (exact) mass is 343 g/mol. The number of nitrogens with zero attached hydrogens (tertiary/aromatic N) is 1. The highest BCUT2D eigenvalue weighted by atomic mass is 19.1. The SMILES string of the molecule is COc1ccc(N2C[C@@H](C(=O)NNc3ccc(F)cc3)CC2=O)cc1. The third kappa shape index (κ3) is 3.88. The number of anilines is 2. The zero-order chi connectivity index (χ0) is 17.8. The summed E-state index contributed by atoms with van der Waals surface area (Å²) < 4.78 is 18.0. The van der Waals surface area contributed by atoms with Crippen LogP contribution in [0.5, 0.6) is 5.75 Å². The van der Waals surface area contributed by atoms with Crippen molar-refractivity contribution in [3.63, 3.8) is 0 Å². The minimum atomic E-state index is -0.456. The molecule has 0 bridgehead atoms. The molecule has 2 amide bonds. The first kappa shape index (κ1) is 16.8. The van der Waals surface area contributed by atoms with Crippen molar-refractivity contribution in [3.8, 4) is 5.75 Å². The zero-order valence-corrected chi connectivity index (χ0v) is 13.7. The third-order valence-corrected chi connectivity index (χ3v) is 4.05. The van der Waals surface area contributed by atoms with Gasteiger partial charge in [0, 0.05) is 18.7 Å². The summed E-state index contributed by atoms with van der Waals surface area (Å²) in [6.07, 6.45) is 0.142. The molecule has 0 aliphatic carbocycles. The number of methoxy groups -OCH3 is 1. The van der Waals surface area contributed by atoms with Crippen molar-refractivity contribution in [2.45, 2.75) is 6.42 Å². The Kier molecular flexibility index (Phi) is 4.83. The Balaban J connectivity index is 1.59. The summed E-state index contributed by atoms with van der Waals surface area (Å²) in [4.78, 5) is 26.1. The van der Waals surface area contributed by atoms with Crippen molar-refractivity contribution in [1.29, 1.82) is 0 Å². The van der Waals surface area contributed by atoms with Gasteiger partial charge in [0.15, 0.2) is 0 Å². The van der Waals surface area contributed by atoms with Gasteiger partial charge in [0.25, 0.3) is 0 Å². The summed E-state index contributed by atoms with van der Waals surface area (Å²) in [6, 6.07) is 12.7. The molecule has 0 saturated carbocycles. The van der Waals surface area contributed by atoms with Gasteiger partial charge in [-0.15, -0.1) is 0 Å². The molecule has 0 spiro atoms. The lowest BCUT2D eigenvalue weighted by atomic mass is 10.1. The van der Waals surface area contributed by atoms with E-state index in [0.717, 1.165) is 5.69 Å². The van der Waals surface area contributed by atoms with Crippen molar-refractivity contribution in [3.05, 3.63) is 54.3 Å². The quantitative estimate of drug-likeness (QED) is 0.818. The van der Waals surface area contributed by atoms with Gasteiger partial charge in [0.05, 0.1) is 18.7 Å². The van der Waals surface area contributed by atoms with Gasteiger partial charge in [0.1, 0.15) is 11.6 Å². The standard InChI is InChI=1S/C18H18FN3O3/c1-25-16-8-6-15(7-9-16)22-11-12(10-17(22)23)18(24)21-20-14-4-2-13(19)3-5-14/h2-9,12,20H,10-11H2,1H3,(H,21,24)/t12-/m0/s1. The van der Waals surface area contributed by atoms with Crippen molar-refractivity contribution < 1.29 is 18.7 Å². The van der Waals surface area contributed by atoms with Gasteiger partial charge in [-0.25, -0.2) is 4.39 Å². The molecule has 0 radical (unpaired) electrons. The largest absolute Gasteiger partial charge is 0.497 e. The summed E-state index contributed by atoms with van der Waals surface area (Å²) >= 11 is 0. The van der Waals surface area contributed by atoms with E-state index in [4.69, 9.17) is 4.74 Å². The summed E-state index contributed by atoms with van der Waals surface area (Å²) in [6.45, 7) is 0.308. The second-order valence-electron chi connectivity index (χ2n) is 5.72. The highest BCUT2D eigenvalue weighted by molar-refractivity contribution is 6.00. The number of amides is 2. The molecule has 1 atom stereocenters. The van der Waals surface area contributed by atoms with Crippen molar-refractivity contribution in [2.75, 3.05) is 24.0 Å². The Hall–Kier alpha value is -3.09. The van der Waals surface area contributed by atoms with E-state index in [1.54, 1.807) is 36.3 Å². The second kappa shape index (κ2) is 7.21. The fourth-order valence-electron chi connectivity index (χ4n) is 2.66. The van der Waals surface area contributed by atoms with E-state index < -0.39 is 5.92 Å². The van der Waals surface area contributed by atoms with E-state index in [9.17, 15) is 14.0 Å². The maximum Gasteiger partial charge on any atom is 0.243 e. The van der Waals surface area contributed by atoms with Crippen LogP contribution >= 0.6 is 0 Å². The van der Waals surface area contributed by atoms with Gasteiger partial charge in [-0.3, -0.25) is 20.4 Å². The Labute approximate surface area is 144 Å². The lowest BCUT2D eigenvalue weighted by molar-refractivity contribution is -0.125. The lowest BCUT2D eigenvalue weighted by Crippen LogP contribution is -2.36. The first-order chi connectivity index (χ1) is 12.1. The highest BCUT2D eigenvalue weighted by Gasteiger charge is 2.35. The summed E-state index contributed by atoms with van der Waals surface area (Å²) in [5.41, 5.74) is 6.57. The molecule has 0 unspecified atom stereocenters. The van der Waals surface area contributed by atoms with Gasteiger partial charge in [0.2, 0.25) is 11.8 Å². The number of hydrogen-bond acceptors (Lipinski definition) is 4. The van der Waals surface area contributed by atoms with Crippen LogP contribution in [0.15, 0.2) is 48.5 Å². The Morgan fingerprint density at radius 3 is 2.48 bits per heavy atom. The molecule has 1 heterocycles. The second-order valence-corrected chi connectivity index (χ2v) is 5.72. The number of rotatable bonds is 5. The molecule has 130 valence electrons. The maximum absolute atomic E-state index is 12.9. The molecule has 0 aromatic heterocycles. The number of benzene rings is 2. The molecule has 1 aliphatic heterocycles. The topological polar surface area (TPSA) is 70.7 Å². The predicted octanol–water partition coefficient (Wildman–Crippen LogP) is 2.33. The van der Waals surface area contributed by atoms with Crippen LogP contribution in [0.4, 0.5) is 15.8 Å². The Morgan fingerprint density at radius 1 is 1.16 bits per heavy atom. The smallest absolute Gasteiger partial charge is 0.243 e. The number of hydrogen-bond donors (Lipinski definition) is 2. The molecule has 2 aromatic rings. The fraction of sp³-hybridized carbons (Fsp3) is 0.222. The normalized spacial score (nSPS) is 16.6. The number of nitrogens with one attached hydrogen (secondary N) is 2. The molecule has 7 heteroatoms. The number of carbonyl (C=O) groups is 2. The van der Waals surface area contributed by atoms with Crippen LogP contribution in [0.3, 0.4) is 0 Å². The fourth-order valence-corrected chi connectivity index (χ4v) is 2.66. The van der Waals surface area contributed by atoms with Crippen LogP contribution in [0, 0.1) is 11.7 Å². The van der Waals surface area contributed by atoms with E-state index in [-0.39, 0.29) is 24.1 Å². The molecule has 1 fully saturated rings. The zero-order valence-electron chi connectivity index (χ0n) is 13.7. The van der Waals surface area contributed by atoms with Crippen molar-refractivity contribution in [1.82, 2.24) is 5.43 Å². The number of carbonyl (C=O) groups excluding carboxylic acids is 2. The van der Waals surface area contributed by atoms with E-state index in [2.05, 4.69) is 10.9 Å². The highest BCUT2D eigenvalue weighted by Crippen LogP contribution is 2.26. The molecule has 25 heavy (non-hydrogen) atoms. The molecular formula is C18H18FN3O3. The van der Waals surface area contributed by atoms with Crippen LogP contribution in [0.1, 0.15) is 6.42 Å².